The van der Waals surface area contributed by atoms with Gasteiger partial charge < -0.3 is 5.32 Å². The lowest BCUT2D eigenvalue weighted by Crippen LogP contribution is -2.15. The SMILES string of the molecule is CCCCCNc1nc2[nH+]c[nH]c2c(=O)[nH]1. The smallest absolute Gasteiger partial charge is 0.309 e. The first-order chi connectivity index (χ1) is 7.81. The number of fused-ring (bicyclic) bond motifs is 1. The fraction of sp³-hybridized carbons (Fsp3) is 0.500. The van der Waals surface area contributed by atoms with Gasteiger partial charge in [-0.2, -0.15) is 0 Å². The number of aromatic nitrogens is 4. The number of hydrogen-bond acceptors (Lipinski definition) is 3. The summed E-state index contributed by atoms with van der Waals surface area (Å²) in [6, 6.07) is 0. The lowest BCUT2D eigenvalue weighted by Gasteiger charge is -2.00. The molecule has 0 radical (unpaired) electrons. The largest absolute Gasteiger partial charge is 0.342 e. The zero-order valence-corrected chi connectivity index (χ0v) is 9.26. The lowest BCUT2D eigenvalue weighted by molar-refractivity contribution is -0.347. The van der Waals surface area contributed by atoms with Crippen LogP contribution < -0.4 is 15.9 Å². The molecule has 6 heteroatoms. The summed E-state index contributed by atoms with van der Waals surface area (Å²) in [6.45, 7) is 2.98. The molecule has 4 N–H and O–H groups in total. The van der Waals surface area contributed by atoms with E-state index in [2.05, 4.69) is 32.2 Å². The van der Waals surface area contributed by atoms with Gasteiger partial charge in [-0.25, -0.2) is 4.98 Å². The van der Waals surface area contributed by atoms with Crippen molar-refractivity contribution in [3.63, 3.8) is 0 Å². The molecule has 0 aliphatic carbocycles. The van der Waals surface area contributed by atoms with Crippen molar-refractivity contribution in [3.8, 4) is 0 Å². The van der Waals surface area contributed by atoms with Crippen LogP contribution in [0.4, 0.5) is 5.95 Å². The number of anilines is 1. The molecule has 6 nitrogen and oxygen atoms in total. The summed E-state index contributed by atoms with van der Waals surface area (Å²) in [6.07, 6.45) is 5.02. The highest BCUT2D eigenvalue weighted by molar-refractivity contribution is 5.65. The number of imidazole rings is 1. The number of rotatable bonds is 5. The molecule has 0 saturated carbocycles. The summed E-state index contributed by atoms with van der Waals surface area (Å²) < 4.78 is 0. The van der Waals surface area contributed by atoms with Crippen LogP contribution in [-0.4, -0.2) is 21.5 Å². The van der Waals surface area contributed by atoms with Crippen LogP contribution in [0.1, 0.15) is 26.2 Å². The van der Waals surface area contributed by atoms with Gasteiger partial charge in [-0.15, -0.1) is 0 Å². The summed E-state index contributed by atoms with van der Waals surface area (Å²) in [7, 11) is 0. The minimum absolute atomic E-state index is 0.163. The Kier molecular flexibility index (Phi) is 3.19. The van der Waals surface area contributed by atoms with Crippen LogP contribution in [0.3, 0.4) is 0 Å². The third kappa shape index (κ3) is 2.21. The van der Waals surface area contributed by atoms with Crippen molar-refractivity contribution in [2.75, 3.05) is 11.9 Å². The molecule has 0 spiro atoms. The molecule has 2 heterocycles. The molecule has 0 aliphatic heterocycles. The topological polar surface area (TPSA) is 87.7 Å². The van der Waals surface area contributed by atoms with Crippen LogP contribution in [0.15, 0.2) is 11.1 Å². The maximum absolute atomic E-state index is 11.6. The summed E-state index contributed by atoms with van der Waals surface area (Å²) in [5, 5.41) is 3.10. The summed E-state index contributed by atoms with van der Waals surface area (Å²) in [5.74, 6) is 0.518. The van der Waals surface area contributed by atoms with Gasteiger partial charge in [0, 0.05) is 6.54 Å². The molecule has 0 bridgehead atoms. The monoisotopic (exact) mass is 222 g/mol. The number of unbranched alkanes of at least 4 members (excludes halogenated alkanes) is 2. The second-order valence-electron chi connectivity index (χ2n) is 3.71. The number of nitrogens with one attached hydrogen (secondary N) is 4. The quantitative estimate of drug-likeness (QED) is 0.650. The Hall–Kier alpha value is -1.85. The van der Waals surface area contributed by atoms with Gasteiger partial charge in [0.05, 0.1) is 0 Å². The highest BCUT2D eigenvalue weighted by atomic mass is 16.1. The number of nitrogens with zero attached hydrogens (tertiary/aromatic N) is 1. The molecular formula is C10H16N5O+. The van der Waals surface area contributed by atoms with Crippen molar-refractivity contribution in [1.29, 1.82) is 0 Å². The number of aromatic amines is 3. The first kappa shape index (κ1) is 10.7. The van der Waals surface area contributed by atoms with E-state index in [9.17, 15) is 4.79 Å². The zero-order chi connectivity index (χ0) is 11.4. The molecule has 2 aromatic rings. The molecular weight excluding hydrogens is 206 g/mol. The standard InChI is InChI=1S/C10H15N5O/c1-2-3-4-5-11-10-14-8-7(9(16)15-10)12-6-13-8/h6H,2-5H2,1H3,(H3,11,12,13,14,15,16)/p+1. The van der Waals surface area contributed by atoms with Gasteiger partial charge in [-0.1, -0.05) is 24.7 Å². The van der Waals surface area contributed by atoms with Crippen LogP contribution in [0, 0.1) is 0 Å². The Bertz CT molecular complexity index is 515. The normalized spacial score (nSPS) is 10.8. The van der Waals surface area contributed by atoms with E-state index >= 15 is 0 Å². The molecule has 0 atom stereocenters. The maximum atomic E-state index is 11.6. The van der Waals surface area contributed by atoms with Crippen LogP contribution in [0.25, 0.3) is 11.2 Å². The van der Waals surface area contributed by atoms with Gasteiger partial charge in [0.25, 0.3) is 11.5 Å². The average Bonchev–Trinajstić information content (AvgIpc) is 2.73. The Morgan fingerprint density at radius 1 is 1.50 bits per heavy atom. The molecule has 2 rings (SSSR count). The fourth-order valence-electron chi connectivity index (χ4n) is 1.55. The third-order valence-electron chi connectivity index (χ3n) is 2.42. The Morgan fingerprint density at radius 2 is 2.38 bits per heavy atom. The average molecular weight is 222 g/mol. The predicted molar refractivity (Wildman–Crippen MR) is 61.3 cm³/mol. The van der Waals surface area contributed by atoms with E-state index in [0.717, 1.165) is 13.0 Å². The van der Waals surface area contributed by atoms with E-state index in [0.29, 0.717) is 17.1 Å². The Morgan fingerprint density at radius 3 is 3.19 bits per heavy atom. The third-order valence-corrected chi connectivity index (χ3v) is 2.42. The van der Waals surface area contributed by atoms with Gasteiger partial charge >= 0.3 is 5.65 Å². The molecule has 2 aromatic heterocycles. The van der Waals surface area contributed by atoms with Crippen molar-refractivity contribution in [2.45, 2.75) is 26.2 Å². The van der Waals surface area contributed by atoms with E-state index in [1.54, 1.807) is 6.33 Å². The van der Waals surface area contributed by atoms with E-state index in [-0.39, 0.29) is 5.56 Å². The van der Waals surface area contributed by atoms with Gasteiger partial charge in [-0.05, 0) is 6.42 Å². The van der Waals surface area contributed by atoms with Crippen molar-refractivity contribution in [2.24, 2.45) is 0 Å². The molecule has 0 amide bonds. The predicted octanol–water partition coefficient (Wildman–Crippen LogP) is 0.667. The van der Waals surface area contributed by atoms with Crippen LogP contribution in [0.5, 0.6) is 0 Å². The second kappa shape index (κ2) is 4.78. The first-order valence-electron chi connectivity index (χ1n) is 5.54. The van der Waals surface area contributed by atoms with Gasteiger partial charge in [-0.3, -0.25) is 14.8 Å². The van der Waals surface area contributed by atoms with Crippen molar-refractivity contribution in [1.82, 2.24) is 15.0 Å². The lowest BCUT2D eigenvalue weighted by atomic mass is 10.2. The van der Waals surface area contributed by atoms with Crippen molar-refractivity contribution in [3.05, 3.63) is 16.7 Å². The van der Waals surface area contributed by atoms with Gasteiger partial charge in [0.1, 0.15) is 0 Å². The number of H-pyrrole nitrogens is 3. The molecule has 0 saturated heterocycles. The zero-order valence-electron chi connectivity index (χ0n) is 9.26. The van der Waals surface area contributed by atoms with Crippen LogP contribution in [0.2, 0.25) is 0 Å². The maximum Gasteiger partial charge on any atom is 0.309 e. The van der Waals surface area contributed by atoms with Crippen molar-refractivity contribution < 1.29 is 4.98 Å². The molecule has 0 unspecified atom stereocenters. The molecule has 16 heavy (non-hydrogen) atoms. The molecule has 0 fully saturated rings. The molecule has 0 aromatic carbocycles. The van der Waals surface area contributed by atoms with Crippen LogP contribution >= 0.6 is 0 Å². The highest BCUT2D eigenvalue weighted by Crippen LogP contribution is 2.01. The minimum atomic E-state index is -0.163. The highest BCUT2D eigenvalue weighted by Gasteiger charge is 2.11. The Balaban J connectivity index is 2.10. The molecule has 86 valence electrons. The first-order valence-corrected chi connectivity index (χ1v) is 5.54. The van der Waals surface area contributed by atoms with Crippen molar-refractivity contribution >= 4 is 17.1 Å². The minimum Gasteiger partial charge on any atom is -0.342 e. The van der Waals surface area contributed by atoms with Gasteiger partial charge in [0.2, 0.25) is 5.52 Å². The summed E-state index contributed by atoms with van der Waals surface area (Å²) in [5.41, 5.74) is 0.880. The molecule has 0 aliphatic rings. The second-order valence-corrected chi connectivity index (χ2v) is 3.71. The Labute approximate surface area is 92.5 Å². The van der Waals surface area contributed by atoms with E-state index in [4.69, 9.17) is 0 Å². The summed E-state index contributed by atoms with van der Waals surface area (Å²) >= 11 is 0. The van der Waals surface area contributed by atoms with Gasteiger partial charge in [0.15, 0.2) is 6.33 Å². The van der Waals surface area contributed by atoms with E-state index < -0.39 is 0 Å². The fourth-order valence-corrected chi connectivity index (χ4v) is 1.55. The van der Waals surface area contributed by atoms with E-state index in [1.165, 1.54) is 12.8 Å². The summed E-state index contributed by atoms with van der Waals surface area (Å²) in [4.78, 5) is 24.2. The van der Waals surface area contributed by atoms with E-state index in [1.807, 2.05) is 0 Å². The number of hydrogen-bond donors (Lipinski definition) is 3. The van der Waals surface area contributed by atoms with Crippen LogP contribution in [-0.2, 0) is 0 Å².